The number of aryl methyl sites for hydroxylation is 1. The smallest absolute Gasteiger partial charge is 0.166 e. The lowest BCUT2D eigenvalue weighted by Gasteiger charge is -2.18. The summed E-state index contributed by atoms with van der Waals surface area (Å²) in [5.74, 6) is 0.833. The van der Waals surface area contributed by atoms with Gasteiger partial charge in [-0.2, -0.15) is 0 Å². The predicted octanol–water partition coefficient (Wildman–Crippen LogP) is 4.22. The van der Waals surface area contributed by atoms with Crippen molar-refractivity contribution in [3.05, 3.63) is 65.7 Å². The Morgan fingerprint density at radius 2 is 1.62 bits per heavy atom. The quantitative estimate of drug-likeness (QED) is 0.613. The van der Waals surface area contributed by atoms with Crippen LogP contribution in [0, 0.1) is 0 Å². The molecule has 0 amide bonds. The SMILES string of the molecule is CCN(CC)CCOc1ccccc1C(=O)CCc1ccccc1. The van der Waals surface area contributed by atoms with Crippen LogP contribution in [-0.2, 0) is 6.42 Å². The molecule has 0 unspecified atom stereocenters. The first-order chi connectivity index (χ1) is 11.7. The Labute approximate surface area is 145 Å². The van der Waals surface area contributed by atoms with Crippen molar-refractivity contribution in [1.29, 1.82) is 0 Å². The molecule has 0 heterocycles. The summed E-state index contributed by atoms with van der Waals surface area (Å²) in [6.45, 7) is 7.79. The van der Waals surface area contributed by atoms with Crippen LogP contribution in [0.4, 0.5) is 0 Å². The third kappa shape index (κ3) is 5.50. The maximum atomic E-state index is 12.6. The molecule has 3 heteroatoms. The number of hydrogen-bond acceptors (Lipinski definition) is 3. The van der Waals surface area contributed by atoms with Gasteiger partial charge in [0.15, 0.2) is 5.78 Å². The van der Waals surface area contributed by atoms with Gasteiger partial charge < -0.3 is 9.64 Å². The van der Waals surface area contributed by atoms with Crippen molar-refractivity contribution in [1.82, 2.24) is 4.90 Å². The Balaban J connectivity index is 1.93. The molecule has 0 spiro atoms. The van der Waals surface area contributed by atoms with E-state index in [1.54, 1.807) is 0 Å². The summed E-state index contributed by atoms with van der Waals surface area (Å²) in [6.07, 6.45) is 1.26. The Bertz CT molecular complexity index is 621. The summed E-state index contributed by atoms with van der Waals surface area (Å²) in [4.78, 5) is 14.9. The summed E-state index contributed by atoms with van der Waals surface area (Å²) in [5, 5.41) is 0. The Kier molecular flexibility index (Phi) is 7.50. The molecule has 2 rings (SSSR count). The second-order valence-corrected chi connectivity index (χ2v) is 5.78. The number of ether oxygens (including phenoxy) is 1. The number of carbonyl (C=O) groups excluding carboxylic acids is 1. The average molecular weight is 325 g/mol. The van der Waals surface area contributed by atoms with Crippen LogP contribution in [0.25, 0.3) is 0 Å². The van der Waals surface area contributed by atoms with E-state index in [1.807, 2.05) is 42.5 Å². The van der Waals surface area contributed by atoms with Crippen LogP contribution in [0.5, 0.6) is 5.75 Å². The van der Waals surface area contributed by atoms with Crippen LogP contribution < -0.4 is 4.74 Å². The van der Waals surface area contributed by atoms with E-state index in [-0.39, 0.29) is 5.78 Å². The minimum atomic E-state index is 0.136. The van der Waals surface area contributed by atoms with E-state index in [9.17, 15) is 4.79 Å². The summed E-state index contributed by atoms with van der Waals surface area (Å²) >= 11 is 0. The Morgan fingerprint density at radius 3 is 2.33 bits per heavy atom. The monoisotopic (exact) mass is 325 g/mol. The number of nitrogens with zero attached hydrogens (tertiary/aromatic N) is 1. The van der Waals surface area contributed by atoms with Crippen molar-refractivity contribution >= 4 is 5.78 Å². The van der Waals surface area contributed by atoms with Gasteiger partial charge in [-0.3, -0.25) is 4.79 Å². The molecule has 128 valence electrons. The molecule has 0 atom stereocenters. The first-order valence-electron chi connectivity index (χ1n) is 8.75. The molecule has 24 heavy (non-hydrogen) atoms. The van der Waals surface area contributed by atoms with E-state index < -0.39 is 0 Å². The van der Waals surface area contributed by atoms with E-state index in [0.717, 1.165) is 26.1 Å². The van der Waals surface area contributed by atoms with Crippen LogP contribution in [0.3, 0.4) is 0 Å². The molecule has 0 fully saturated rings. The number of para-hydroxylation sites is 1. The maximum Gasteiger partial charge on any atom is 0.166 e. The van der Waals surface area contributed by atoms with E-state index in [1.165, 1.54) is 5.56 Å². The zero-order valence-corrected chi connectivity index (χ0v) is 14.7. The van der Waals surface area contributed by atoms with Crippen LogP contribution >= 0.6 is 0 Å². The molecule has 2 aromatic rings. The van der Waals surface area contributed by atoms with E-state index in [4.69, 9.17) is 4.74 Å². The molecule has 0 aliphatic rings. The van der Waals surface area contributed by atoms with Gasteiger partial charge in [0.2, 0.25) is 0 Å². The number of Topliss-reactive ketones (excluding diaryl/α,β-unsaturated/α-hetero) is 1. The number of likely N-dealkylation sites (N-methyl/N-ethyl adjacent to an activating group) is 1. The second-order valence-electron chi connectivity index (χ2n) is 5.78. The van der Waals surface area contributed by atoms with Gasteiger partial charge in [0.25, 0.3) is 0 Å². The molecule has 0 bridgehead atoms. The van der Waals surface area contributed by atoms with Crippen LogP contribution in [0.2, 0.25) is 0 Å². The van der Waals surface area contributed by atoms with Gasteiger partial charge in [0, 0.05) is 13.0 Å². The van der Waals surface area contributed by atoms with Crippen molar-refractivity contribution in [2.24, 2.45) is 0 Å². The highest BCUT2D eigenvalue weighted by molar-refractivity contribution is 5.98. The average Bonchev–Trinajstić information content (AvgIpc) is 2.64. The normalized spacial score (nSPS) is 10.8. The van der Waals surface area contributed by atoms with E-state index in [0.29, 0.717) is 24.3 Å². The van der Waals surface area contributed by atoms with Crippen LogP contribution in [0.15, 0.2) is 54.6 Å². The van der Waals surface area contributed by atoms with Gasteiger partial charge in [-0.25, -0.2) is 0 Å². The lowest BCUT2D eigenvalue weighted by Crippen LogP contribution is -2.28. The zero-order chi connectivity index (χ0) is 17.2. The number of rotatable bonds is 10. The number of ketones is 1. The predicted molar refractivity (Wildman–Crippen MR) is 98.8 cm³/mol. The van der Waals surface area contributed by atoms with Gasteiger partial charge in [-0.15, -0.1) is 0 Å². The first-order valence-corrected chi connectivity index (χ1v) is 8.75. The minimum Gasteiger partial charge on any atom is -0.491 e. The van der Waals surface area contributed by atoms with Crippen molar-refractivity contribution < 1.29 is 9.53 Å². The van der Waals surface area contributed by atoms with Crippen molar-refractivity contribution in [3.8, 4) is 5.75 Å². The lowest BCUT2D eigenvalue weighted by molar-refractivity contribution is 0.0978. The zero-order valence-electron chi connectivity index (χ0n) is 14.7. The second kappa shape index (κ2) is 9.89. The highest BCUT2D eigenvalue weighted by Gasteiger charge is 2.12. The van der Waals surface area contributed by atoms with Gasteiger partial charge in [0.1, 0.15) is 12.4 Å². The Morgan fingerprint density at radius 1 is 0.958 bits per heavy atom. The van der Waals surface area contributed by atoms with Crippen LogP contribution in [0.1, 0.15) is 36.2 Å². The highest BCUT2D eigenvalue weighted by atomic mass is 16.5. The van der Waals surface area contributed by atoms with Gasteiger partial charge >= 0.3 is 0 Å². The standard InChI is InChI=1S/C21H27NO2/c1-3-22(4-2)16-17-24-21-13-9-8-12-19(21)20(23)15-14-18-10-6-5-7-11-18/h5-13H,3-4,14-17H2,1-2H3. The van der Waals surface area contributed by atoms with Crippen molar-refractivity contribution in [2.75, 3.05) is 26.2 Å². The maximum absolute atomic E-state index is 12.6. The molecular weight excluding hydrogens is 298 g/mol. The summed E-state index contributed by atoms with van der Waals surface area (Å²) in [7, 11) is 0. The third-order valence-electron chi connectivity index (χ3n) is 4.23. The molecule has 0 aromatic heterocycles. The van der Waals surface area contributed by atoms with Crippen molar-refractivity contribution in [3.63, 3.8) is 0 Å². The lowest BCUT2D eigenvalue weighted by atomic mass is 10.0. The van der Waals surface area contributed by atoms with Gasteiger partial charge in [-0.05, 0) is 37.2 Å². The van der Waals surface area contributed by atoms with Crippen molar-refractivity contribution in [2.45, 2.75) is 26.7 Å². The first kappa shape index (κ1) is 18.2. The summed E-state index contributed by atoms with van der Waals surface area (Å²) < 4.78 is 5.88. The fraction of sp³-hybridized carbons (Fsp3) is 0.381. The molecule has 0 aliphatic heterocycles. The number of carbonyl (C=O) groups is 1. The minimum absolute atomic E-state index is 0.136. The molecule has 3 nitrogen and oxygen atoms in total. The summed E-state index contributed by atoms with van der Waals surface area (Å²) in [5.41, 5.74) is 1.87. The molecule has 0 radical (unpaired) electrons. The molecule has 0 saturated heterocycles. The van der Waals surface area contributed by atoms with E-state index in [2.05, 4.69) is 30.9 Å². The molecule has 2 aromatic carbocycles. The molecule has 0 N–H and O–H groups in total. The Hall–Kier alpha value is -2.13. The van der Waals surface area contributed by atoms with Gasteiger partial charge in [-0.1, -0.05) is 56.3 Å². The van der Waals surface area contributed by atoms with Gasteiger partial charge in [0.05, 0.1) is 5.56 Å². The number of hydrogen-bond donors (Lipinski definition) is 0. The summed E-state index contributed by atoms with van der Waals surface area (Å²) in [6, 6.07) is 17.7. The van der Waals surface area contributed by atoms with E-state index >= 15 is 0 Å². The largest absolute Gasteiger partial charge is 0.491 e. The number of benzene rings is 2. The molecule has 0 saturated carbocycles. The fourth-order valence-corrected chi connectivity index (χ4v) is 2.68. The fourth-order valence-electron chi connectivity index (χ4n) is 2.68. The third-order valence-corrected chi connectivity index (χ3v) is 4.23. The van der Waals surface area contributed by atoms with Crippen LogP contribution in [-0.4, -0.2) is 36.9 Å². The topological polar surface area (TPSA) is 29.5 Å². The molecular formula is C21H27NO2. The highest BCUT2D eigenvalue weighted by Crippen LogP contribution is 2.20. The molecule has 0 aliphatic carbocycles.